The molecule has 2 rings (SSSR count). The van der Waals surface area contributed by atoms with Crippen molar-refractivity contribution in [3.8, 4) is 0 Å². The van der Waals surface area contributed by atoms with E-state index in [0.717, 1.165) is 44.9 Å². The number of hydrogen-bond acceptors (Lipinski definition) is 13. The molecular formula is C72H135NO13. The number of hydrogen-bond donors (Lipinski definition) is 9. The number of carbonyl (C=O) groups excluding carboxylic acids is 1. The molecule has 2 heterocycles. The minimum atomic E-state index is -1.79. The summed E-state index contributed by atoms with van der Waals surface area (Å²) in [5.74, 6) is -0.233. The zero-order chi connectivity index (χ0) is 62.3. The van der Waals surface area contributed by atoms with Gasteiger partial charge in [0.15, 0.2) is 12.6 Å². The lowest BCUT2D eigenvalue weighted by atomic mass is 9.97. The molecule has 9 N–H and O–H groups in total. The van der Waals surface area contributed by atoms with E-state index in [1.807, 2.05) is 6.08 Å². The van der Waals surface area contributed by atoms with Crippen LogP contribution < -0.4 is 5.32 Å². The van der Waals surface area contributed by atoms with E-state index in [0.29, 0.717) is 6.42 Å². The van der Waals surface area contributed by atoms with Crippen LogP contribution in [0.3, 0.4) is 0 Å². The first-order chi connectivity index (χ1) is 42.1. The molecule has 0 aromatic carbocycles. The molecule has 0 aliphatic carbocycles. The Morgan fingerprint density at radius 1 is 0.419 bits per heavy atom. The number of aliphatic hydroxyl groups excluding tert-OH is 8. The largest absolute Gasteiger partial charge is 0.394 e. The molecule has 2 aliphatic heterocycles. The summed E-state index contributed by atoms with van der Waals surface area (Å²) >= 11 is 0. The second kappa shape index (κ2) is 57.1. The molecule has 0 spiro atoms. The number of unbranched alkanes of at least 4 members (excludes halogenated alkanes) is 43. The minimum Gasteiger partial charge on any atom is -0.394 e. The summed E-state index contributed by atoms with van der Waals surface area (Å²) in [6.45, 7) is 2.82. The van der Waals surface area contributed by atoms with Gasteiger partial charge in [-0.3, -0.25) is 4.79 Å². The van der Waals surface area contributed by atoms with Crippen LogP contribution in [-0.4, -0.2) is 140 Å². The fourth-order valence-electron chi connectivity index (χ4n) is 12.0. The molecule has 14 nitrogen and oxygen atoms in total. The van der Waals surface area contributed by atoms with E-state index in [1.165, 1.54) is 250 Å². The van der Waals surface area contributed by atoms with Crippen LogP contribution in [0.1, 0.15) is 322 Å². The third-order valence-corrected chi connectivity index (χ3v) is 17.8. The van der Waals surface area contributed by atoms with E-state index < -0.39 is 86.8 Å². The smallest absolute Gasteiger partial charge is 0.220 e. The van der Waals surface area contributed by atoms with Crippen LogP contribution in [0.15, 0.2) is 36.5 Å². The normalized spacial score (nSPS) is 23.6. The van der Waals surface area contributed by atoms with Crippen LogP contribution in [-0.2, 0) is 23.7 Å². The Morgan fingerprint density at radius 3 is 1.16 bits per heavy atom. The van der Waals surface area contributed by atoms with Gasteiger partial charge in [0.05, 0.1) is 32.0 Å². The maximum Gasteiger partial charge on any atom is 0.220 e. The van der Waals surface area contributed by atoms with Crippen LogP contribution in [0.25, 0.3) is 0 Å². The Morgan fingerprint density at radius 2 is 0.767 bits per heavy atom. The van der Waals surface area contributed by atoms with Gasteiger partial charge < -0.3 is 65.1 Å². The number of carbonyl (C=O) groups is 1. The molecule has 12 atom stereocenters. The van der Waals surface area contributed by atoms with Crippen molar-refractivity contribution in [3.05, 3.63) is 36.5 Å². The van der Waals surface area contributed by atoms with E-state index in [4.69, 9.17) is 18.9 Å². The quantitative estimate of drug-likeness (QED) is 0.0204. The molecule has 0 aromatic heterocycles. The predicted molar refractivity (Wildman–Crippen MR) is 351 cm³/mol. The van der Waals surface area contributed by atoms with E-state index in [1.54, 1.807) is 6.08 Å². The molecule has 0 saturated carbocycles. The van der Waals surface area contributed by atoms with Crippen LogP contribution in [0, 0.1) is 0 Å². The fourth-order valence-corrected chi connectivity index (χ4v) is 12.0. The topological polar surface area (TPSA) is 228 Å². The van der Waals surface area contributed by atoms with Gasteiger partial charge in [-0.15, -0.1) is 0 Å². The maximum atomic E-state index is 13.3. The minimum absolute atomic E-state index is 0.233. The Hall–Kier alpha value is -1.79. The Bertz CT molecular complexity index is 1580. The third-order valence-electron chi connectivity index (χ3n) is 17.8. The van der Waals surface area contributed by atoms with Gasteiger partial charge in [0, 0.05) is 6.42 Å². The van der Waals surface area contributed by atoms with E-state index >= 15 is 0 Å². The van der Waals surface area contributed by atoms with Crippen molar-refractivity contribution < 1.29 is 64.6 Å². The summed E-state index contributed by atoms with van der Waals surface area (Å²) < 4.78 is 22.8. The molecule has 2 fully saturated rings. The van der Waals surface area contributed by atoms with Gasteiger partial charge in [-0.2, -0.15) is 0 Å². The highest BCUT2D eigenvalue weighted by Crippen LogP contribution is 2.30. The van der Waals surface area contributed by atoms with Gasteiger partial charge in [-0.25, -0.2) is 0 Å². The molecule has 14 heteroatoms. The molecule has 1 amide bonds. The molecule has 2 aliphatic rings. The summed E-state index contributed by atoms with van der Waals surface area (Å²) in [6.07, 6.45) is 56.5. The average Bonchev–Trinajstić information content (AvgIpc) is 1.83. The molecule has 0 aromatic rings. The van der Waals surface area contributed by atoms with Gasteiger partial charge >= 0.3 is 0 Å². The van der Waals surface area contributed by atoms with Crippen molar-refractivity contribution in [2.45, 2.75) is 396 Å². The van der Waals surface area contributed by atoms with Gasteiger partial charge in [-0.05, 0) is 51.4 Å². The third kappa shape index (κ3) is 40.8. The van der Waals surface area contributed by atoms with Crippen molar-refractivity contribution in [1.82, 2.24) is 5.32 Å². The second-order valence-corrected chi connectivity index (χ2v) is 25.7. The van der Waals surface area contributed by atoms with E-state index in [9.17, 15) is 45.6 Å². The molecule has 2 saturated heterocycles. The highest BCUT2D eigenvalue weighted by molar-refractivity contribution is 5.76. The van der Waals surface area contributed by atoms with Crippen LogP contribution in [0.2, 0.25) is 0 Å². The van der Waals surface area contributed by atoms with Crippen molar-refractivity contribution in [1.29, 1.82) is 0 Å². The number of rotatable bonds is 60. The summed E-state index contributed by atoms with van der Waals surface area (Å²) in [7, 11) is 0. The fraction of sp³-hybridized carbons (Fsp3) is 0.903. The molecule has 0 radical (unpaired) electrons. The van der Waals surface area contributed by atoms with Gasteiger partial charge in [-0.1, -0.05) is 301 Å². The molecule has 12 unspecified atom stereocenters. The standard InChI is InChI=1S/C72H135NO13/c1-3-5-7-9-11-13-15-17-19-20-21-22-23-24-25-26-27-28-29-30-31-32-33-34-35-36-37-38-39-40-42-44-46-48-50-52-54-56-64(77)73-60(61(76)55-53-51-49-47-45-43-41-18-16-14-12-10-8-6-4-2)59-83-71-69(82)67(80)70(63(58-75)85-71)86-72-68(81)66(79)65(78)62(57-74)84-72/h15,17,20-21,53,55,60-63,65-72,74-76,78-82H,3-14,16,18-19,22-52,54,56-59H2,1-2H3,(H,73,77)/b17-15-,21-20-,55-53+. The highest BCUT2D eigenvalue weighted by atomic mass is 16.7. The van der Waals surface area contributed by atoms with Gasteiger partial charge in [0.1, 0.15) is 48.8 Å². The van der Waals surface area contributed by atoms with Crippen molar-refractivity contribution in [2.24, 2.45) is 0 Å². The van der Waals surface area contributed by atoms with Gasteiger partial charge in [0.25, 0.3) is 0 Å². The zero-order valence-electron chi connectivity index (χ0n) is 55.1. The van der Waals surface area contributed by atoms with Crippen molar-refractivity contribution in [2.75, 3.05) is 19.8 Å². The first kappa shape index (κ1) is 80.3. The van der Waals surface area contributed by atoms with Gasteiger partial charge in [0.2, 0.25) is 5.91 Å². The summed E-state index contributed by atoms with van der Waals surface area (Å²) in [5, 5.41) is 87.3. The first-order valence-electron chi connectivity index (χ1n) is 36.2. The maximum absolute atomic E-state index is 13.3. The Balaban J connectivity index is 1.57. The lowest BCUT2D eigenvalue weighted by Gasteiger charge is -2.46. The SMILES string of the molecule is CCCCCCC/C=C\C/C=C\CCCCCCCCCCCCCCCCCCCCCCCCCCCC(=O)NC(COC1OC(CO)C(OC2OC(CO)C(O)C(O)C2O)C(O)C1O)C(O)/C=C/CCCCCCCCCCCCCCC. The first-order valence-corrected chi connectivity index (χ1v) is 36.2. The van der Waals surface area contributed by atoms with Crippen LogP contribution >= 0.6 is 0 Å². The Kier molecular flexibility index (Phi) is 53.4. The second-order valence-electron chi connectivity index (χ2n) is 25.7. The number of ether oxygens (including phenoxy) is 4. The molecule has 0 bridgehead atoms. The number of aliphatic hydroxyl groups is 8. The number of allylic oxidation sites excluding steroid dienone is 5. The molecule has 506 valence electrons. The summed E-state index contributed by atoms with van der Waals surface area (Å²) in [4.78, 5) is 13.3. The summed E-state index contributed by atoms with van der Waals surface area (Å²) in [5.41, 5.74) is 0. The number of amides is 1. The molecule has 86 heavy (non-hydrogen) atoms. The highest BCUT2D eigenvalue weighted by Gasteiger charge is 2.51. The number of nitrogens with one attached hydrogen (secondary N) is 1. The monoisotopic (exact) mass is 1220 g/mol. The van der Waals surface area contributed by atoms with E-state index in [2.05, 4.69) is 43.5 Å². The zero-order valence-corrected chi connectivity index (χ0v) is 55.1. The van der Waals surface area contributed by atoms with Crippen LogP contribution in [0.4, 0.5) is 0 Å². The lowest BCUT2D eigenvalue weighted by molar-refractivity contribution is -0.359. The van der Waals surface area contributed by atoms with Crippen LogP contribution in [0.5, 0.6) is 0 Å². The summed E-state index contributed by atoms with van der Waals surface area (Å²) in [6, 6.07) is -0.912. The average molecular weight is 1220 g/mol. The van der Waals surface area contributed by atoms with E-state index in [-0.39, 0.29) is 18.9 Å². The Labute approximate surface area is 525 Å². The molecular weight excluding hydrogens is 1090 g/mol. The van der Waals surface area contributed by atoms with Crippen molar-refractivity contribution >= 4 is 5.91 Å². The predicted octanol–water partition coefficient (Wildman–Crippen LogP) is 14.9. The lowest BCUT2D eigenvalue weighted by Crippen LogP contribution is -2.65. The van der Waals surface area contributed by atoms with Crippen molar-refractivity contribution in [3.63, 3.8) is 0 Å².